The first-order valence-corrected chi connectivity index (χ1v) is 11.1. The zero-order chi connectivity index (χ0) is 23.1. The Morgan fingerprint density at radius 3 is 2.52 bits per heavy atom. The van der Waals surface area contributed by atoms with Crippen LogP contribution in [0.4, 0.5) is 5.69 Å². The van der Waals surface area contributed by atoms with Gasteiger partial charge in [-0.05, 0) is 48.5 Å². The van der Waals surface area contributed by atoms with Crippen LogP contribution in [0.5, 0.6) is 17.2 Å². The number of nitro groups is 1. The minimum absolute atomic E-state index is 0.0337. The van der Waals surface area contributed by atoms with Crippen LogP contribution in [-0.2, 0) is 0 Å². The van der Waals surface area contributed by atoms with Crippen molar-refractivity contribution >= 4 is 27.3 Å². The van der Waals surface area contributed by atoms with Gasteiger partial charge in [-0.15, -0.1) is 0 Å². The fraction of sp³-hybridized carbons (Fsp3) is 0.208. The van der Waals surface area contributed by atoms with Gasteiger partial charge in [0.05, 0.1) is 30.9 Å². The first-order valence-electron chi connectivity index (χ1n) is 10.3. The number of nitro benzene ring substituents is 1. The molecule has 0 saturated heterocycles. The van der Waals surface area contributed by atoms with E-state index in [0.717, 1.165) is 32.6 Å². The number of hydrogen-bond donors (Lipinski definition) is 0. The normalized spacial score (nSPS) is 18.6. The van der Waals surface area contributed by atoms with E-state index in [-0.39, 0.29) is 11.7 Å². The van der Waals surface area contributed by atoms with Crippen LogP contribution in [0.1, 0.15) is 35.4 Å². The molecule has 2 atom stereocenters. The largest absolute Gasteiger partial charge is 0.493 e. The lowest BCUT2D eigenvalue weighted by atomic mass is 9.95. The van der Waals surface area contributed by atoms with Crippen molar-refractivity contribution in [2.75, 3.05) is 14.2 Å². The number of methoxy groups -OCH3 is 2. The maximum atomic E-state index is 11.1. The quantitative estimate of drug-likeness (QED) is 0.327. The minimum Gasteiger partial charge on any atom is -0.493 e. The van der Waals surface area contributed by atoms with Gasteiger partial charge in [-0.1, -0.05) is 15.9 Å². The molecule has 2 heterocycles. The molecule has 0 aliphatic carbocycles. The summed E-state index contributed by atoms with van der Waals surface area (Å²) in [5.41, 5.74) is 3.68. The molecule has 0 amide bonds. The summed E-state index contributed by atoms with van der Waals surface area (Å²) in [4.78, 5) is 10.7. The maximum Gasteiger partial charge on any atom is 0.269 e. The number of hydrazone groups is 1. The monoisotopic (exact) mass is 509 g/mol. The summed E-state index contributed by atoms with van der Waals surface area (Å²) in [7, 11) is 3.21. The lowest BCUT2D eigenvalue weighted by Crippen LogP contribution is -2.33. The fourth-order valence-electron chi connectivity index (χ4n) is 4.23. The predicted octanol–water partition coefficient (Wildman–Crippen LogP) is 5.62. The molecular weight excluding hydrogens is 490 g/mol. The summed E-state index contributed by atoms with van der Waals surface area (Å²) in [6.07, 6.45) is 0.160. The number of ether oxygens (including phenoxy) is 3. The first-order chi connectivity index (χ1) is 16.0. The van der Waals surface area contributed by atoms with Crippen LogP contribution in [0.25, 0.3) is 0 Å². The van der Waals surface area contributed by atoms with Crippen molar-refractivity contribution in [3.05, 3.63) is 91.9 Å². The van der Waals surface area contributed by atoms with Gasteiger partial charge in [0, 0.05) is 39.7 Å². The topological polar surface area (TPSA) is 86.4 Å². The van der Waals surface area contributed by atoms with E-state index in [1.807, 2.05) is 41.4 Å². The lowest BCUT2D eigenvalue weighted by Gasteiger charge is -2.38. The Labute approximate surface area is 198 Å². The van der Waals surface area contributed by atoms with Gasteiger partial charge in [0.2, 0.25) is 6.23 Å². The molecule has 2 aliphatic heterocycles. The van der Waals surface area contributed by atoms with Gasteiger partial charge in [0.1, 0.15) is 5.75 Å². The summed E-state index contributed by atoms with van der Waals surface area (Å²) in [5, 5.41) is 17.9. The Hall–Kier alpha value is -3.59. The highest BCUT2D eigenvalue weighted by atomic mass is 79.9. The Balaban J connectivity index is 1.57. The van der Waals surface area contributed by atoms with E-state index in [4.69, 9.17) is 19.3 Å². The van der Waals surface area contributed by atoms with E-state index in [1.54, 1.807) is 26.4 Å². The van der Waals surface area contributed by atoms with Crippen LogP contribution in [0.2, 0.25) is 0 Å². The second kappa shape index (κ2) is 8.40. The van der Waals surface area contributed by atoms with E-state index in [1.165, 1.54) is 12.1 Å². The van der Waals surface area contributed by atoms with Crippen LogP contribution in [0, 0.1) is 10.1 Å². The summed E-state index contributed by atoms with van der Waals surface area (Å²) in [6.45, 7) is 0. The van der Waals surface area contributed by atoms with Crippen LogP contribution in [0.15, 0.2) is 70.2 Å². The Morgan fingerprint density at radius 2 is 1.82 bits per heavy atom. The molecule has 3 aromatic rings. The molecule has 2 aliphatic rings. The number of nitrogens with zero attached hydrogens (tertiary/aromatic N) is 3. The molecule has 33 heavy (non-hydrogen) atoms. The molecule has 0 aromatic heterocycles. The molecule has 5 rings (SSSR count). The second-order valence-corrected chi connectivity index (χ2v) is 8.63. The summed E-state index contributed by atoms with van der Waals surface area (Å²) in [6, 6.07) is 18.0. The first kappa shape index (κ1) is 21.3. The van der Waals surface area contributed by atoms with Crippen molar-refractivity contribution in [3.63, 3.8) is 0 Å². The molecule has 3 aromatic carbocycles. The zero-order valence-corrected chi connectivity index (χ0v) is 19.5. The average Bonchev–Trinajstić information content (AvgIpc) is 3.29. The molecule has 0 spiro atoms. The Kier molecular flexibility index (Phi) is 5.41. The number of rotatable bonds is 5. The standard InChI is InChI=1S/C24H20BrN3O5/c1-31-22-9-5-15(11-23(22)32-2)19-13-20-18-12-16(25)6-10-21(18)33-24(27(20)26-19)14-3-7-17(8-4-14)28(29)30/h3-12,20,24H,13H2,1-2H3. The van der Waals surface area contributed by atoms with Crippen molar-refractivity contribution < 1.29 is 19.1 Å². The summed E-state index contributed by atoms with van der Waals surface area (Å²) >= 11 is 3.56. The molecule has 0 N–H and O–H groups in total. The predicted molar refractivity (Wildman–Crippen MR) is 126 cm³/mol. The molecule has 168 valence electrons. The highest BCUT2D eigenvalue weighted by Crippen LogP contribution is 2.48. The third-order valence-corrected chi connectivity index (χ3v) is 6.35. The molecular formula is C24H20BrN3O5. The Bertz CT molecular complexity index is 1260. The highest BCUT2D eigenvalue weighted by molar-refractivity contribution is 9.10. The number of halogens is 1. The van der Waals surface area contributed by atoms with Crippen LogP contribution in [0.3, 0.4) is 0 Å². The molecule has 9 heteroatoms. The number of hydrogen-bond acceptors (Lipinski definition) is 7. The fourth-order valence-corrected chi connectivity index (χ4v) is 4.61. The highest BCUT2D eigenvalue weighted by Gasteiger charge is 2.41. The molecule has 0 fully saturated rings. The number of non-ortho nitro benzene ring substituents is 1. The van der Waals surface area contributed by atoms with E-state index in [0.29, 0.717) is 17.9 Å². The van der Waals surface area contributed by atoms with E-state index >= 15 is 0 Å². The molecule has 8 nitrogen and oxygen atoms in total. The van der Waals surface area contributed by atoms with Gasteiger partial charge >= 0.3 is 0 Å². The van der Waals surface area contributed by atoms with Gasteiger partial charge < -0.3 is 14.2 Å². The SMILES string of the molecule is COc1ccc(C2=NN3C(C2)c2cc(Br)ccc2OC3c2ccc([N+](=O)[O-])cc2)cc1OC. The third-order valence-electron chi connectivity index (χ3n) is 5.86. The van der Waals surface area contributed by atoms with Crippen LogP contribution < -0.4 is 14.2 Å². The average molecular weight is 510 g/mol. The third kappa shape index (κ3) is 3.78. The second-order valence-electron chi connectivity index (χ2n) is 7.72. The van der Waals surface area contributed by atoms with Crippen LogP contribution in [-0.4, -0.2) is 29.9 Å². The van der Waals surface area contributed by atoms with Crippen LogP contribution >= 0.6 is 15.9 Å². The number of benzene rings is 3. The lowest BCUT2D eigenvalue weighted by molar-refractivity contribution is -0.384. The van der Waals surface area contributed by atoms with Gasteiger partial charge in [0.25, 0.3) is 5.69 Å². The van der Waals surface area contributed by atoms with Gasteiger partial charge in [-0.25, -0.2) is 5.01 Å². The van der Waals surface area contributed by atoms with E-state index < -0.39 is 11.2 Å². The van der Waals surface area contributed by atoms with Crippen molar-refractivity contribution in [3.8, 4) is 17.2 Å². The van der Waals surface area contributed by atoms with E-state index in [9.17, 15) is 10.1 Å². The van der Waals surface area contributed by atoms with Gasteiger partial charge in [-0.3, -0.25) is 10.1 Å². The number of fused-ring (bicyclic) bond motifs is 3. The van der Waals surface area contributed by atoms with Crippen molar-refractivity contribution in [2.45, 2.75) is 18.7 Å². The van der Waals surface area contributed by atoms with Gasteiger partial charge in [0.15, 0.2) is 11.5 Å². The van der Waals surface area contributed by atoms with E-state index in [2.05, 4.69) is 15.9 Å². The smallest absolute Gasteiger partial charge is 0.269 e. The zero-order valence-electron chi connectivity index (χ0n) is 17.9. The van der Waals surface area contributed by atoms with Gasteiger partial charge in [-0.2, -0.15) is 5.10 Å². The molecule has 0 bridgehead atoms. The minimum atomic E-state index is -0.512. The Morgan fingerprint density at radius 1 is 1.06 bits per heavy atom. The summed E-state index contributed by atoms with van der Waals surface area (Å²) < 4.78 is 18.1. The van der Waals surface area contributed by atoms with Crippen molar-refractivity contribution in [1.82, 2.24) is 5.01 Å². The molecule has 0 radical (unpaired) electrons. The molecule has 2 unspecified atom stereocenters. The molecule has 0 saturated carbocycles. The summed E-state index contributed by atoms with van der Waals surface area (Å²) in [5.74, 6) is 2.05. The van der Waals surface area contributed by atoms with Crippen molar-refractivity contribution in [2.24, 2.45) is 5.10 Å². The maximum absolute atomic E-state index is 11.1. The van der Waals surface area contributed by atoms with Crippen molar-refractivity contribution in [1.29, 1.82) is 0 Å².